The van der Waals surface area contributed by atoms with Gasteiger partial charge in [-0.2, -0.15) is 0 Å². The lowest BCUT2D eigenvalue weighted by Gasteiger charge is -2.48. The smallest absolute Gasteiger partial charge is 0.255 e. The van der Waals surface area contributed by atoms with Crippen LogP contribution in [0.3, 0.4) is 0 Å². The van der Waals surface area contributed by atoms with Gasteiger partial charge in [-0.05, 0) is 47.7 Å². The Bertz CT molecular complexity index is 1220. The topological polar surface area (TPSA) is 78.9 Å². The Hall–Kier alpha value is -3.19. The minimum atomic E-state index is -0.732. The van der Waals surface area contributed by atoms with Gasteiger partial charge in [-0.25, -0.2) is 5.48 Å². The molecule has 1 aliphatic heterocycles. The summed E-state index contributed by atoms with van der Waals surface area (Å²) in [5.41, 5.74) is 5.47. The van der Waals surface area contributed by atoms with E-state index in [-0.39, 0.29) is 24.5 Å². The molecule has 3 aromatic carbocycles. The second-order valence-corrected chi connectivity index (χ2v) is 9.87. The van der Waals surface area contributed by atoms with Crippen LogP contribution in [-0.4, -0.2) is 34.0 Å². The van der Waals surface area contributed by atoms with Crippen molar-refractivity contribution in [3.05, 3.63) is 106 Å². The van der Waals surface area contributed by atoms with Crippen molar-refractivity contribution in [2.24, 2.45) is 0 Å². The normalized spacial score (nSPS) is 23.7. The number of fused-ring (bicyclic) bond motifs is 1. The van der Waals surface area contributed by atoms with Gasteiger partial charge in [0.05, 0.1) is 30.7 Å². The molecule has 36 heavy (non-hydrogen) atoms. The fourth-order valence-electron chi connectivity index (χ4n) is 5.46. The zero-order chi connectivity index (χ0) is 25.1. The van der Waals surface area contributed by atoms with Crippen LogP contribution in [0.2, 0.25) is 5.02 Å². The van der Waals surface area contributed by atoms with Gasteiger partial charge in [0.25, 0.3) is 11.8 Å². The van der Waals surface area contributed by atoms with Gasteiger partial charge in [0.15, 0.2) is 0 Å². The quantitative estimate of drug-likeness (QED) is 0.454. The van der Waals surface area contributed by atoms with Crippen LogP contribution in [0.4, 0.5) is 0 Å². The summed E-state index contributed by atoms with van der Waals surface area (Å²) >= 11 is 6.17. The molecule has 3 aromatic rings. The van der Waals surface area contributed by atoms with Crippen molar-refractivity contribution in [1.29, 1.82) is 0 Å². The molecule has 2 amide bonds. The molecule has 1 fully saturated rings. The van der Waals surface area contributed by atoms with Crippen molar-refractivity contribution in [3.8, 4) is 0 Å². The van der Waals surface area contributed by atoms with Gasteiger partial charge in [0.1, 0.15) is 0 Å². The lowest BCUT2D eigenvalue weighted by molar-refractivity contribution is -0.138. The largest absolute Gasteiger partial charge is 0.391 e. The first-order valence-electron chi connectivity index (χ1n) is 12.4. The Kier molecular flexibility index (Phi) is 7.37. The molecule has 5 rings (SSSR count). The standard InChI is InChI=1S/C29H29ClN2O4/c30-21-16-14-20(15-17-21)27-26(28(34)31-36-18-19-8-2-1-3-9-19)22-10-4-5-11-23(22)29(35)32(27)24-12-6-7-13-25(24)33/h1-5,8-11,14-17,24-27,33H,6-7,12-13,18H2,(H,31,34)/t24-,25-,26-,27+/m1/s1. The molecule has 0 radical (unpaired) electrons. The number of hydrogen-bond donors (Lipinski definition) is 2. The molecule has 0 spiro atoms. The van der Waals surface area contributed by atoms with Gasteiger partial charge in [-0.1, -0.05) is 85.1 Å². The highest BCUT2D eigenvalue weighted by molar-refractivity contribution is 6.30. The maximum absolute atomic E-state index is 13.9. The summed E-state index contributed by atoms with van der Waals surface area (Å²) in [5, 5.41) is 11.5. The van der Waals surface area contributed by atoms with Crippen LogP contribution in [0, 0.1) is 0 Å². The number of benzene rings is 3. The number of halogens is 1. The van der Waals surface area contributed by atoms with E-state index in [0.717, 1.165) is 24.0 Å². The molecule has 0 bridgehead atoms. The van der Waals surface area contributed by atoms with Gasteiger partial charge in [0, 0.05) is 10.6 Å². The molecule has 1 heterocycles. The van der Waals surface area contributed by atoms with Crippen LogP contribution in [-0.2, 0) is 16.2 Å². The Labute approximate surface area is 215 Å². The highest BCUT2D eigenvalue weighted by Crippen LogP contribution is 2.46. The highest BCUT2D eigenvalue weighted by atomic mass is 35.5. The molecular weight excluding hydrogens is 476 g/mol. The monoisotopic (exact) mass is 504 g/mol. The molecule has 186 valence electrons. The Morgan fingerprint density at radius 3 is 2.42 bits per heavy atom. The SMILES string of the molecule is O=C(NOCc1ccccc1)[C@@H]1c2ccccc2C(=O)N([C@@H]2CCCC[C@H]2O)[C@H]1c1ccc(Cl)cc1. The highest BCUT2D eigenvalue weighted by Gasteiger charge is 2.48. The van der Waals surface area contributed by atoms with E-state index < -0.39 is 18.1 Å². The number of nitrogens with zero attached hydrogens (tertiary/aromatic N) is 1. The lowest BCUT2D eigenvalue weighted by Crippen LogP contribution is -2.55. The lowest BCUT2D eigenvalue weighted by atomic mass is 9.77. The summed E-state index contributed by atoms with van der Waals surface area (Å²) in [6, 6.07) is 23.0. The maximum Gasteiger partial charge on any atom is 0.255 e. The van der Waals surface area contributed by atoms with Crippen LogP contribution in [0.15, 0.2) is 78.9 Å². The predicted octanol–water partition coefficient (Wildman–Crippen LogP) is 5.17. The second kappa shape index (κ2) is 10.8. The minimum Gasteiger partial charge on any atom is -0.391 e. The number of carbonyl (C=O) groups excluding carboxylic acids is 2. The number of hydroxylamine groups is 1. The molecule has 6 nitrogen and oxygen atoms in total. The fourth-order valence-corrected chi connectivity index (χ4v) is 5.58. The van der Waals surface area contributed by atoms with E-state index in [1.165, 1.54) is 0 Å². The zero-order valence-electron chi connectivity index (χ0n) is 19.8. The molecule has 7 heteroatoms. The Balaban J connectivity index is 1.54. The number of nitrogens with one attached hydrogen (secondary N) is 1. The van der Waals surface area contributed by atoms with E-state index in [0.29, 0.717) is 29.0 Å². The molecule has 2 N–H and O–H groups in total. The van der Waals surface area contributed by atoms with Crippen LogP contribution in [0.1, 0.15) is 64.7 Å². The third-order valence-corrected chi connectivity index (χ3v) is 7.43. The predicted molar refractivity (Wildman–Crippen MR) is 137 cm³/mol. The van der Waals surface area contributed by atoms with Gasteiger partial charge < -0.3 is 10.0 Å². The number of amides is 2. The molecule has 2 aliphatic rings. The number of aliphatic hydroxyl groups excluding tert-OH is 1. The van der Waals surface area contributed by atoms with E-state index in [2.05, 4.69) is 5.48 Å². The summed E-state index contributed by atoms with van der Waals surface area (Å²) < 4.78 is 0. The van der Waals surface area contributed by atoms with Gasteiger partial charge in [-0.3, -0.25) is 14.4 Å². The molecule has 0 saturated heterocycles. The van der Waals surface area contributed by atoms with Crippen molar-refractivity contribution in [2.75, 3.05) is 0 Å². The third-order valence-electron chi connectivity index (χ3n) is 7.18. The average Bonchev–Trinajstić information content (AvgIpc) is 2.90. The summed E-state index contributed by atoms with van der Waals surface area (Å²) in [7, 11) is 0. The Morgan fingerprint density at radius 1 is 0.972 bits per heavy atom. The van der Waals surface area contributed by atoms with Crippen LogP contribution in [0.5, 0.6) is 0 Å². The molecule has 4 atom stereocenters. The number of carbonyl (C=O) groups is 2. The zero-order valence-corrected chi connectivity index (χ0v) is 20.6. The average molecular weight is 505 g/mol. The summed E-state index contributed by atoms with van der Waals surface area (Å²) in [6.45, 7) is 0.219. The first kappa shape index (κ1) is 24.5. The molecule has 1 saturated carbocycles. The van der Waals surface area contributed by atoms with E-state index in [1.54, 1.807) is 29.2 Å². The van der Waals surface area contributed by atoms with Crippen molar-refractivity contribution >= 4 is 23.4 Å². The van der Waals surface area contributed by atoms with E-state index in [9.17, 15) is 14.7 Å². The number of aliphatic hydroxyl groups is 1. The first-order chi connectivity index (χ1) is 17.5. The van der Waals surface area contributed by atoms with Gasteiger partial charge >= 0.3 is 0 Å². The fraction of sp³-hybridized carbons (Fsp3) is 0.310. The summed E-state index contributed by atoms with van der Waals surface area (Å²) in [6.07, 6.45) is 2.48. The van der Waals surface area contributed by atoms with Crippen LogP contribution in [0.25, 0.3) is 0 Å². The second-order valence-electron chi connectivity index (χ2n) is 9.43. The molecular formula is C29H29ClN2O4. The van der Waals surface area contributed by atoms with Crippen molar-refractivity contribution in [3.63, 3.8) is 0 Å². The third kappa shape index (κ3) is 4.89. The first-order valence-corrected chi connectivity index (χ1v) is 12.7. The summed E-state index contributed by atoms with van der Waals surface area (Å²) in [4.78, 5) is 35.0. The minimum absolute atomic E-state index is 0.175. The summed E-state index contributed by atoms with van der Waals surface area (Å²) in [5.74, 6) is -1.25. The maximum atomic E-state index is 13.9. The van der Waals surface area contributed by atoms with Crippen LogP contribution < -0.4 is 5.48 Å². The van der Waals surface area contributed by atoms with Crippen LogP contribution >= 0.6 is 11.6 Å². The number of rotatable bonds is 6. The van der Waals surface area contributed by atoms with Crippen molar-refractivity contribution < 1.29 is 19.5 Å². The molecule has 1 aliphatic carbocycles. The van der Waals surface area contributed by atoms with E-state index in [4.69, 9.17) is 16.4 Å². The van der Waals surface area contributed by atoms with Gasteiger partial charge in [-0.15, -0.1) is 0 Å². The number of hydrogen-bond acceptors (Lipinski definition) is 4. The van der Waals surface area contributed by atoms with Crippen molar-refractivity contribution in [2.45, 2.75) is 56.4 Å². The van der Waals surface area contributed by atoms with E-state index in [1.807, 2.05) is 54.6 Å². The van der Waals surface area contributed by atoms with Crippen molar-refractivity contribution in [1.82, 2.24) is 10.4 Å². The van der Waals surface area contributed by atoms with E-state index >= 15 is 0 Å². The molecule has 0 unspecified atom stereocenters. The van der Waals surface area contributed by atoms with Gasteiger partial charge in [0.2, 0.25) is 0 Å². The Morgan fingerprint density at radius 2 is 1.67 bits per heavy atom. The molecule has 0 aromatic heterocycles.